The molecule has 1 aliphatic heterocycles. The second-order valence-electron chi connectivity index (χ2n) is 4.16. The van der Waals surface area contributed by atoms with Crippen LogP contribution in [0.4, 0.5) is 0 Å². The molecule has 82 valence electrons. The van der Waals surface area contributed by atoms with Gasteiger partial charge in [-0.1, -0.05) is 25.5 Å². The van der Waals surface area contributed by atoms with E-state index in [4.69, 9.17) is 4.74 Å². The Morgan fingerprint density at radius 1 is 1.33 bits per heavy atom. The zero-order chi connectivity index (χ0) is 10.7. The third kappa shape index (κ3) is 2.15. The van der Waals surface area contributed by atoms with Crippen molar-refractivity contribution in [3.63, 3.8) is 0 Å². The van der Waals surface area contributed by atoms with Gasteiger partial charge < -0.3 is 10.1 Å². The van der Waals surface area contributed by atoms with Crippen molar-refractivity contribution in [3.8, 4) is 5.75 Å². The van der Waals surface area contributed by atoms with E-state index in [1.807, 2.05) is 12.1 Å². The fourth-order valence-corrected chi connectivity index (χ4v) is 2.40. The fraction of sp³-hybridized carbons (Fsp3) is 0.538. The van der Waals surface area contributed by atoms with Crippen LogP contribution in [-0.4, -0.2) is 13.7 Å². The van der Waals surface area contributed by atoms with Gasteiger partial charge in [-0.3, -0.25) is 0 Å². The van der Waals surface area contributed by atoms with Crippen molar-refractivity contribution in [2.75, 3.05) is 13.7 Å². The van der Waals surface area contributed by atoms with Crippen molar-refractivity contribution in [1.82, 2.24) is 5.32 Å². The maximum absolute atomic E-state index is 5.16. The Morgan fingerprint density at radius 3 is 2.67 bits per heavy atom. The highest BCUT2D eigenvalue weighted by molar-refractivity contribution is 5.29. The molecule has 0 radical (unpaired) electrons. The van der Waals surface area contributed by atoms with Gasteiger partial charge in [-0.2, -0.15) is 0 Å². The second-order valence-corrected chi connectivity index (χ2v) is 4.16. The fourth-order valence-electron chi connectivity index (χ4n) is 2.40. The Hall–Kier alpha value is -1.02. The van der Waals surface area contributed by atoms with Gasteiger partial charge in [0.15, 0.2) is 0 Å². The van der Waals surface area contributed by atoms with Crippen LogP contribution in [0.5, 0.6) is 5.75 Å². The molecule has 1 heterocycles. The number of methoxy groups -OCH3 is 1. The summed E-state index contributed by atoms with van der Waals surface area (Å²) in [6, 6.07) is 8.97. The summed E-state index contributed by atoms with van der Waals surface area (Å²) in [6.45, 7) is 3.42. The van der Waals surface area contributed by atoms with Gasteiger partial charge in [0, 0.05) is 6.04 Å². The van der Waals surface area contributed by atoms with Gasteiger partial charge in [-0.25, -0.2) is 0 Å². The molecule has 2 heteroatoms. The minimum Gasteiger partial charge on any atom is -0.497 e. The highest BCUT2D eigenvalue weighted by Crippen LogP contribution is 2.32. The smallest absolute Gasteiger partial charge is 0.118 e. The summed E-state index contributed by atoms with van der Waals surface area (Å²) in [5.41, 5.74) is 1.39. The first-order chi connectivity index (χ1) is 7.35. The number of benzene rings is 1. The first-order valence-corrected chi connectivity index (χ1v) is 5.72. The Kier molecular flexibility index (Phi) is 3.27. The average molecular weight is 205 g/mol. The molecule has 1 fully saturated rings. The van der Waals surface area contributed by atoms with E-state index in [9.17, 15) is 0 Å². The number of rotatable bonds is 3. The lowest BCUT2D eigenvalue weighted by molar-refractivity contribution is 0.413. The number of ether oxygens (including phenoxy) is 1. The first-order valence-electron chi connectivity index (χ1n) is 5.72. The van der Waals surface area contributed by atoms with Crippen molar-refractivity contribution < 1.29 is 4.74 Å². The van der Waals surface area contributed by atoms with Crippen LogP contribution in [-0.2, 0) is 0 Å². The maximum Gasteiger partial charge on any atom is 0.118 e. The third-order valence-corrected chi connectivity index (χ3v) is 3.35. The van der Waals surface area contributed by atoms with Crippen LogP contribution in [0.15, 0.2) is 24.3 Å². The molecule has 1 N–H and O–H groups in total. The SMILES string of the molecule is CC[C@@H]1CCN[C@@H]1c1ccc(OC)cc1. The second kappa shape index (κ2) is 4.67. The predicted octanol–water partition coefficient (Wildman–Crippen LogP) is 2.76. The largest absolute Gasteiger partial charge is 0.497 e. The lowest BCUT2D eigenvalue weighted by Crippen LogP contribution is -2.17. The average Bonchev–Trinajstić information content (AvgIpc) is 2.77. The normalized spacial score (nSPS) is 25.5. The Bertz CT molecular complexity index is 307. The summed E-state index contributed by atoms with van der Waals surface area (Å²) in [5.74, 6) is 1.73. The maximum atomic E-state index is 5.16. The summed E-state index contributed by atoms with van der Waals surface area (Å²) < 4.78 is 5.16. The highest BCUT2D eigenvalue weighted by atomic mass is 16.5. The monoisotopic (exact) mass is 205 g/mol. The molecule has 1 aromatic rings. The molecular formula is C13H19NO. The summed E-state index contributed by atoms with van der Waals surface area (Å²) in [4.78, 5) is 0. The zero-order valence-corrected chi connectivity index (χ0v) is 9.49. The van der Waals surface area contributed by atoms with E-state index >= 15 is 0 Å². The van der Waals surface area contributed by atoms with Gasteiger partial charge in [0.1, 0.15) is 5.75 Å². The molecule has 15 heavy (non-hydrogen) atoms. The molecule has 1 saturated heterocycles. The molecule has 1 aromatic carbocycles. The van der Waals surface area contributed by atoms with Crippen LogP contribution in [0.1, 0.15) is 31.4 Å². The Morgan fingerprint density at radius 2 is 2.07 bits per heavy atom. The molecule has 0 unspecified atom stereocenters. The molecule has 2 rings (SSSR count). The van der Waals surface area contributed by atoms with Crippen molar-refractivity contribution in [3.05, 3.63) is 29.8 Å². The summed E-state index contributed by atoms with van der Waals surface area (Å²) >= 11 is 0. The van der Waals surface area contributed by atoms with Crippen molar-refractivity contribution in [2.45, 2.75) is 25.8 Å². The third-order valence-electron chi connectivity index (χ3n) is 3.35. The van der Waals surface area contributed by atoms with E-state index in [-0.39, 0.29) is 0 Å². The van der Waals surface area contributed by atoms with Gasteiger partial charge in [0.2, 0.25) is 0 Å². The highest BCUT2D eigenvalue weighted by Gasteiger charge is 2.26. The van der Waals surface area contributed by atoms with Gasteiger partial charge in [0.25, 0.3) is 0 Å². The van der Waals surface area contributed by atoms with E-state index in [1.54, 1.807) is 7.11 Å². The number of nitrogens with one attached hydrogen (secondary N) is 1. The molecule has 0 aromatic heterocycles. The molecule has 0 aliphatic carbocycles. The lowest BCUT2D eigenvalue weighted by atomic mass is 9.92. The topological polar surface area (TPSA) is 21.3 Å². The standard InChI is InChI=1S/C13H19NO/c1-3-10-8-9-14-13(10)11-4-6-12(15-2)7-5-11/h4-7,10,13-14H,3,8-9H2,1-2H3/t10-,13+/m1/s1. The van der Waals surface area contributed by atoms with Gasteiger partial charge in [-0.05, 0) is 36.6 Å². The number of hydrogen-bond acceptors (Lipinski definition) is 2. The van der Waals surface area contributed by atoms with Crippen LogP contribution in [0.2, 0.25) is 0 Å². The van der Waals surface area contributed by atoms with Crippen molar-refractivity contribution in [1.29, 1.82) is 0 Å². The predicted molar refractivity (Wildman–Crippen MR) is 62.1 cm³/mol. The Balaban J connectivity index is 2.14. The summed E-state index contributed by atoms with van der Waals surface area (Å²) in [5, 5.41) is 3.57. The number of hydrogen-bond donors (Lipinski definition) is 1. The van der Waals surface area contributed by atoms with Gasteiger partial charge >= 0.3 is 0 Å². The van der Waals surface area contributed by atoms with E-state index in [0.29, 0.717) is 6.04 Å². The minimum atomic E-state index is 0.543. The Labute approximate surface area is 91.6 Å². The van der Waals surface area contributed by atoms with E-state index in [2.05, 4.69) is 24.4 Å². The molecule has 2 nitrogen and oxygen atoms in total. The van der Waals surface area contributed by atoms with Crippen LogP contribution >= 0.6 is 0 Å². The van der Waals surface area contributed by atoms with Crippen molar-refractivity contribution in [2.24, 2.45) is 5.92 Å². The minimum absolute atomic E-state index is 0.543. The molecule has 2 atom stereocenters. The van der Waals surface area contributed by atoms with Crippen LogP contribution in [0.3, 0.4) is 0 Å². The summed E-state index contributed by atoms with van der Waals surface area (Å²) in [7, 11) is 1.71. The lowest BCUT2D eigenvalue weighted by Gasteiger charge is -2.18. The van der Waals surface area contributed by atoms with Crippen LogP contribution < -0.4 is 10.1 Å². The van der Waals surface area contributed by atoms with Gasteiger partial charge in [-0.15, -0.1) is 0 Å². The molecule has 0 spiro atoms. The molecule has 1 aliphatic rings. The van der Waals surface area contributed by atoms with Gasteiger partial charge in [0.05, 0.1) is 7.11 Å². The van der Waals surface area contributed by atoms with Crippen LogP contribution in [0.25, 0.3) is 0 Å². The van der Waals surface area contributed by atoms with Crippen molar-refractivity contribution >= 4 is 0 Å². The first kappa shape index (κ1) is 10.5. The molecule has 0 saturated carbocycles. The molecule has 0 bridgehead atoms. The zero-order valence-electron chi connectivity index (χ0n) is 9.49. The van der Waals surface area contributed by atoms with E-state index in [0.717, 1.165) is 18.2 Å². The van der Waals surface area contributed by atoms with E-state index < -0.39 is 0 Å². The molecule has 0 amide bonds. The quantitative estimate of drug-likeness (QED) is 0.819. The summed E-state index contributed by atoms with van der Waals surface area (Å²) in [6.07, 6.45) is 2.55. The molecular weight excluding hydrogens is 186 g/mol. The van der Waals surface area contributed by atoms with Crippen LogP contribution in [0, 0.1) is 5.92 Å². The van der Waals surface area contributed by atoms with E-state index in [1.165, 1.54) is 18.4 Å².